The summed E-state index contributed by atoms with van der Waals surface area (Å²) in [5.74, 6) is 0. The minimum Gasteiger partial charge on any atom is -0.0958 e. The highest BCUT2D eigenvalue weighted by Gasteiger charge is 1.75. The van der Waals surface area contributed by atoms with Gasteiger partial charge in [0.25, 0.3) is 0 Å². The number of rotatable bonds is 2. The first kappa shape index (κ1) is 5.13. The topological polar surface area (TPSA) is 0 Å². The van der Waals surface area contributed by atoms with Crippen molar-refractivity contribution >= 4 is 14.3 Å². The fraction of sp³-hybridized carbons (Fsp3) is 1.00. The third-order valence-electron chi connectivity index (χ3n) is 0.707. The third-order valence-corrected chi connectivity index (χ3v) is 0.707. The molecular formula is C3H10B2. The van der Waals surface area contributed by atoms with Crippen molar-refractivity contribution in [1.82, 2.24) is 0 Å². The van der Waals surface area contributed by atoms with Gasteiger partial charge in [-0.25, -0.2) is 0 Å². The zero-order valence-electron chi connectivity index (χ0n) is 4.12. The lowest BCUT2D eigenvalue weighted by Crippen LogP contribution is -1.92. The molecule has 0 aromatic heterocycles. The van der Waals surface area contributed by atoms with Crippen LogP contribution in [0.25, 0.3) is 0 Å². The fourth-order valence-corrected chi connectivity index (χ4v) is 0.354. The van der Waals surface area contributed by atoms with Crippen LogP contribution >= 0.6 is 0 Å². The molecule has 0 amide bonds. The molecule has 0 bridgehead atoms. The lowest BCUT2D eigenvalue weighted by atomic mass is 9.40. The highest BCUT2D eigenvalue weighted by atomic mass is 13.3. The van der Waals surface area contributed by atoms with Crippen LogP contribution in [0.3, 0.4) is 0 Å². The SMILES string of the molecule is CBBCC. The normalized spacial score (nSPS) is 6.80. The summed E-state index contributed by atoms with van der Waals surface area (Å²) in [6.45, 7) is 4.42. The van der Waals surface area contributed by atoms with Gasteiger partial charge in [0.1, 0.15) is 0 Å². The zero-order chi connectivity index (χ0) is 4.12. The summed E-state index contributed by atoms with van der Waals surface area (Å²) in [7, 11) is 2.73. The Balaban J connectivity index is 2.19. The van der Waals surface area contributed by atoms with Gasteiger partial charge in [0, 0.05) is 0 Å². The number of hydrogen-bond acceptors (Lipinski definition) is 0. The van der Waals surface area contributed by atoms with E-state index in [4.69, 9.17) is 0 Å². The van der Waals surface area contributed by atoms with Crippen LogP contribution in [0.5, 0.6) is 0 Å². The molecule has 0 aromatic rings. The molecule has 0 unspecified atom stereocenters. The van der Waals surface area contributed by atoms with E-state index in [1.807, 2.05) is 0 Å². The summed E-state index contributed by atoms with van der Waals surface area (Å²) in [5.41, 5.74) is 0. The van der Waals surface area contributed by atoms with Gasteiger partial charge in [0.05, 0.1) is 14.3 Å². The van der Waals surface area contributed by atoms with Gasteiger partial charge in [-0.15, -0.1) is 0 Å². The van der Waals surface area contributed by atoms with Crippen LogP contribution in [0.2, 0.25) is 13.1 Å². The number of hydrogen-bond donors (Lipinski definition) is 0. The maximum Gasteiger partial charge on any atom is 0.0858 e. The van der Waals surface area contributed by atoms with E-state index in [0.717, 1.165) is 0 Å². The predicted molar refractivity (Wildman–Crippen MR) is 30.6 cm³/mol. The Hall–Kier alpha value is 0.130. The van der Waals surface area contributed by atoms with E-state index in [-0.39, 0.29) is 0 Å². The Labute approximate surface area is 35.4 Å². The van der Waals surface area contributed by atoms with Crippen molar-refractivity contribution in [2.24, 2.45) is 0 Å². The summed E-state index contributed by atoms with van der Waals surface area (Å²) in [5, 5.41) is 0. The molecule has 0 N–H and O–H groups in total. The molecule has 0 atom stereocenters. The molecule has 0 aliphatic rings. The van der Waals surface area contributed by atoms with Crippen LogP contribution in [0.4, 0.5) is 0 Å². The first-order chi connectivity index (χ1) is 2.41. The van der Waals surface area contributed by atoms with Gasteiger partial charge in [0.15, 0.2) is 0 Å². The Morgan fingerprint density at radius 3 is 2.20 bits per heavy atom. The van der Waals surface area contributed by atoms with Gasteiger partial charge in [-0.05, 0) is 0 Å². The molecule has 0 spiro atoms. The van der Waals surface area contributed by atoms with E-state index >= 15 is 0 Å². The van der Waals surface area contributed by atoms with Crippen molar-refractivity contribution < 1.29 is 0 Å². The smallest absolute Gasteiger partial charge is 0.0858 e. The third kappa shape index (κ3) is 4.13. The van der Waals surface area contributed by atoms with Crippen LogP contribution in [-0.2, 0) is 0 Å². The maximum absolute atomic E-state index is 2.21. The molecule has 5 heavy (non-hydrogen) atoms. The molecule has 0 saturated heterocycles. The molecule has 28 valence electrons. The molecule has 0 aliphatic heterocycles. The van der Waals surface area contributed by atoms with Crippen molar-refractivity contribution in [3.8, 4) is 0 Å². The first-order valence-electron chi connectivity index (χ1n) is 2.41. The molecule has 0 aromatic carbocycles. The zero-order valence-corrected chi connectivity index (χ0v) is 4.12. The van der Waals surface area contributed by atoms with E-state index in [0.29, 0.717) is 0 Å². The molecular weight excluding hydrogens is 57.7 g/mol. The minimum atomic E-state index is 1.34. The summed E-state index contributed by atoms with van der Waals surface area (Å²) in [6.07, 6.45) is 1.34. The van der Waals surface area contributed by atoms with Gasteiger partial charge in [-0.1, -0.05) is 20.1 Å². The quantitative estimate of drug-likeness (QED) is 0.407. The molecule has 2 heteroatoms. The van der Waals surface area contributed by atoms with E-state index in [1.54, 1.807) is 0 Å². The van der Waals surface area contributed by atoms with E-state index in [2.05, 4.69) is 13.7 Å². The molecule has 0 saturated carbocycles. The van der Waals surface area contributed by atoms with E-state index in [9.17, 15) is 0 Å². The predicted octanol–water partition coefficient (Wildman–Crippen LogP) is 0.261. The van der Waals surface area contributed by atoms with Gasteiger partial charge in [-0.3, -0.25) is 0 Å². The van der Waals surface area contributed by atoms with Crippen LogP contribution in [0, 0.1) is 0 Å². The Morgan fingerprint density at radius 1 is 1.60 bits per heavy atom. The average Bonchev–Trinajstić information content (AvgIpc) is 1.41. The lowest BCUT2D eigenvalue weighted by molar-refractivity contribution is 1.47. The van der Waals surface area contributed by atoms with Gasteiger partial charge >= 0.3 is 0 Å². The summed E-state index contributed by atoms with van der Waals surface area (Å²) >= 11 is 0. The van der Waals surface area contributed by atoms with Gasteiger partial charge in [0.2, 0.25) is 0 Å². The van der Waals surface area contributed by atoms with E-state index < -0.39 is 0 Å². The van der Waals surface area contributed by atoms with Crippen molar-refractivity contribution in [2.45, 2.75) is 20.1 Å². The van der Waals surface area contributed by atoms with E-state index in [1.165, 1.54) is 20.7 Å². The standard InChI is InChI=1S/C3H10B2/c1-3-5-4-2/h4-5H,3H2,1-2H3. The van der Waals surface area contributed by atoms with Crippen LogP contribution in [0.1, 0.15) is 6.92 Å². The first-order valence-corrected chi connectivity index (χ1v) is 2.41. The van der Waals surface area contributed by atoms with Crippen LogP contribution < -0.4 is 0 Å². The van der Waals surface area contributed by atoms with Crippen molar-refractivity contribution in [1.29, 1.82) is 0 Å². The Kier molecular flexibility index (Phi) is 4.24. The Morgan fingerprint density at radius 2 is 2.20 bits per heavy atom. The maximum atomic E-state index is 2.21. The second kappa shape index (κ2) is 4.13. The molecule has 0 radical (unpaired) electrons. The fourth-order valence-electron chi connectivity index (χ4n) is 0.354. The molecule has 0 rings (SSSR count). The largest absolute Gasteiger partial charge is 0.0958 e. The Bertz CT molecular complexity index is 12.4. The van der Waals surface area contributed by atoms with Gasteiger partial charge in [-0.2, -0.15) is 0 Å². The minimum absolute atomic E-state index is 1.34. The van der Waals surface area contributed by atoms with Crippen molar-refractivity contribution in [3.05, 3.63) is 0 Å². The second-order valence-corrected chi connectivity index (χ2v) is 1.35. The molecule has 0 aliphatic carbocycles. The monoisotopic (exact) mass is 68.1 g/mol. The lowest BCUT2D eigenvalue weighted by Gasteiger charge is -1.72. The van der Waals surface area contributed by atoms with Crippen LogP contribution in [0.15, 0.2) is 0 Å². The highest BCUT2D eigenvalue weighted by Crippen LogP contribution is 1.66. The van der Waals surface area contributed by atoms with Crippen LogP contribution in [-0.4, -0.2) is 14.3 Å². The molecule has 0 heterocycles. The highest BCUT2D eigenvalue weighted by molar-refractivity contribution is 6.99. The van der Waals surface area contributed by atoms with Crippen molar-refractivity contribution in [3.63, 3.8) is 0 Å². The summed E-state index contributed by atoms with van der Waals surface area (Å²) in [4.78, 5) is 0. The summed E-state index contributed by atoms with van der Waals surface area (Å²) < 4.78 is 0. The molecule has 0 fully saturated rings. The average molecular weight is 67.7 g/mol. The van der Waals surface area contributed by atoms with Crippen molar-refractivity contribution in [2.75, 3.05) is 0 Å². The van der Waals surface area contributed by atoms with Gasteiger partial charge < -0.3 is 0 Å². The summed E-state index contributed by atoms with van der Waals surface area (Å²) in [6, 6.07) is 0. The second-order valence-electron chi connectivity index (χ2n) is 1.35. The molecule has 0 nitrogen and oxygen atoms in total.